The third-order valence-electron chi connectivity index (χ3n) is 4.96. The van der Waals surface area contributed by atoms with Crippen LogP contribution in [0.5, 0.6) is 0 Å². The largest absolute Gasteiger partial charge is 0.300 e. The number of alkyl halides is 1. The lowest BCUT2D eigenvalue weighted by Gasteiger charge is -2.44. The highest BCUT2D eigenvalue weighted by atomic mass is 79.9. The van der Waals surface area contributed by atoms with Crippen molar-refractivity contribution in [3.63, 3.8) is 0 Å². The standard InChI is InChI=1S/C15H28BrN/c1-2-14-8-4-7-11-17(14)13-15(12-16)9-5-3-6-10-15/h14H,2-13H2,1H3. The van der Waals surface area contributed by atoms with Gasteiger partial charge in [-0.25, -0.2) is 0 Å². The minimum Gasteiger partial charge on any atom is -0.300 e. The normalized spacial score (nSPS) is 30.4. The molecule has 2 aliphatic rings. The van der Waals surface area contributed by atoms with Gasteiger partial charge >= 0.3 is 0 Å². The van der Waals surface area contributed by atoms with Gasteiger partial charge in [-0.2, -0.15) is 0 Å². The summed E-state index contributed by atoms with van der Waals surface area (Å²) >= 11 is 3.81. The van der Waals surface area contributed by atoms with Gasteiger partial charge in [-0.15, -0.1) is 0 Å². The predicted octanol–water partition coefficient (Wildman–Crippen LogP) is 4.60. The minimum atomic E-state index is 0.600. The van der Waals surface area contributed by atoms with Crippen LogP contribution in [0, 0.1) is 5.41 Å². The van der Waals surface area contributed by atoms with Gasteiger partial charge in [0.25, 0.3) is 0 Å². The molecule has 0 N–H and O–H groups in total. The van der Waals surface area contributed by atoms with Gasteiger partial charge in [0.2, 0.25) is 0 Å². The van der Waals surface area contributed by atoms with Crippen LogP contribution < -0.4 is 0 Å². The number of halogens is 1. The highest BCUT2D eigenvalue weighted by Crippen LogP contribution is 2.39. The topological polar surface area (TPSA) is 3.24 Å². The Morgan fingerprint density at radius 3 is 2.53 bits per heavy atom. The number of hydrogen-bond donors (Lipinski definition) is 0. The molecule has 0 radical (unpaired) electrons. The van der Waals surface area contributed by atoms with Crippen LogP contribution in [-0.4, -0.2) is 29.4 Å². The van der Waals surface area contributed by atoms with Crippen LogP contribution >= 0.6 is 15.9 Å². The van der Waals surface area contributed by atoms with Crippen molar-refractivity contribution < 1.29 is 0 Å². The number of hydrogen-bond acceptors (Lipinski definition) is 1. The van der Waals surface area contributed by atoms with Gasteiger partial charge in [0.05, 0.1) is 0 Å². The van der Waals surface area contributed by atoms with Gasteiger partial charge in [0.1, 0.15) is 0 Å². The van der Waals surface area contributed by atoms with Crippen LogP contribution in [0.15, 0.2) is 0 Å². The second kappa shape index (κ2) is 6.56. The van der Waals surface area contributed by atoms with Gasteiger partial charge in [-0.05, 0) is 44.1 Å². The first-order valence-corrected chi connectivity index (χ1v) is 8.72. The molecule has 1 saturated heterocycles. The molecule has 100 valence electrons. The molecule has 1 unspecified atom stereocenters. The SMILES string of the molecule is CCC1CCCCN1CC1(CBr)CCCCC1. The summed E-state index contributed by atoms with van der Waals surface area (Å²) in [7, 11) is 0. The Morgan fingerprint density at radius 2 is 1.88 bits per heavy atom. The van der Waals surface area contributed by atoms with Gasteiger partial charge in [-0.3, -0.25) is 4.90 Å². The van der Waals surface area contributed by atoms with E-state index in [1.165, 1.54) is 76.2 Å². The van der Waals surface area contributed by atoms with Crippen molar-refractivity contribution in [2.24, 2.45) is 5.41 Å². The van der Waals surface area contributed by atoms with Crippen molar-refractivity contribution in [1.82, 2.24) is 4.90 Å². The molecule has 0 amide bonds. The number of piperidine rings is 1. The van der Waals surface area contributed by atoms with E-state index in [0.29, 0.717) is 5.41 Å². The summed E-state index contributed by atoms with van der Waals surface area (Å²) < 4.78 is 0. The first-order chi connectivity index (χ1) is 8.29. The van der Waals surface area contributed by atoms with Crippen LogP contribution in [0.3, 0.4) is 0 Å². The lowest BCUT2D eigenvalue weighted by atomic mass is 9.74. The summed E-state index contributed by atoms with van der Waals surface area (Å²) in [5.74, 6) is 0. The second-order valence-corrected chi connectivity index (χ2v) is 6.78. The molecular formula is C15H28BrN. The van der Waals surface area contributed by atoms with E-state index in [0.717, 1.165) is 6.04 Å². The molecule has 1 nitrogen and oxygen atoms in total. The molecule has 1 atom stereocenters. The molecule has 0 spiro atoms. The van der Waals surface area contributed by atoms with Crippen molar-refractivity contribution >= 4 is 15.9 Å². The smallest absolute Gasteiger partial charge is 0.0100 e. The monoisotopic (exact) mass is 301 g/mol. The predicted molar refractivity (Wildman–Crippen MR) is 78.8 cm³/mol. The molecular weight excluding hydrogens is 274 g/mol. The van der Waals surface area contributed by atoms with Crippen LogP contribution in [0.4, 0.5) is 0 Å². The molecule has 0 aromatic heterocycles. The molecule has 2 fully saturated rings. The third kappa shape index (κ3) is 3.47. The molecule has 1 saturated carbocycles. The lowest BCUT2D eigenvalue weighted by Crippen LogP contribution is -2.47. The minimum absolute atomic E-state index is 0.600. The Labute approximate surface area is 115 Å². The zero-order chi connectivity index (χ0) is 12.1. The number of rotatable bonds is 4. The summed E-state index contributed by atoms with van der Waals surface area (Å²) in [6, 6.07) is 0.876. The maximum atomic E-state index is 3.81. The Morgan fingerprint density at radius 1 is 1.12 bits per heavy atom. The van der Waals surface area contributed by atoms with Crippen LogP contribution in [0.25, 0.3) is 0 Å². The molecule has 1 aliphatic carbocycles. The Bertz CT molecular complexity index is 223. The van der Waals surface area contributed by atoms with Gasteiger partial charge in [0.15, 0.2) is 0 Å². The molecule has 0 aromatic carbocycles. The Balaban J connectivity index is 1.96. The Kier molecular flexibility index (Phi) is 5.35. The molecule has 1 aliphatic heterocycles. The lowest BCUT2D eigenvalue weighted by molar-refractivity contribution is 0.0680. The Hall–Kier alpha value is 0.440. The maximum Gasteiger partial charge on any atom is 0.0100 e. The van der Waals surface area contributed by atoms with E-state index in [-0.39, 0.29) is 0 Å². The summed E-state index contributed by atoms with van der Waals surface area (Å²) in [6.45, 7) is 5.08. The van der Waals surface area contributed by atoms with Gasteiger partial charge in [0, 0.05) is 17.9 Å². The van der Waals surface area contributed by atoms with Crippen molar-refractivity contribution in [2.45, 2.75) is 70.8 Å². The van der Waals surface area contributed by atoms with E-state index in [4.69, 9.17) is 0 Å². The molecule has 17 heavy (non-hydrogen) atoms. The first-order valence-electron chi connectivity index (χ1n) is 7.60. The van der Waals surface area contributed by atoms with Crippen molar-refractivity contribution in [1.29, 1.82) is 0 Å². The zero-order valence-electron chi connectivity index (χ0n) is 11.4. The van der Waals surface area contributed by atoms with Gasteiger partial charge in [-0.1, -0.05) is 48.5 Å². The van der Waals surface area contributed by atoms with Crippen LogP contribution in [-0.2, 0) is 0 Å². The fraction of sp³-hybridized carbons (Fsp3) is 1.00. The quantitative estimate of drug-likeness (QED) is 0.686. The molecule has 1 heterocycles. The van der Waals surface area contributed by atoms with E-state index in [2.05, 4.69) is 27.8 Å². The zero-order valence-corrected chi connectivity index (χ0v) is 13.0. The molecule has 2 rings (SSSR count). The van der Waals surface area contributed by atoms with Gasteiger partial charge < -0.3 is 0 Å². The van der Waals surface area contributed by atoms with Crippen molar-refractivity contribution in [2.75, 3.05) is 18.4 Å². The first kappa shape index (κ1) is 13.9. The van der Waals surface area contributed by atoms with Crippen molar-refractivity contribution in [3.8, 4) is 0 Å². The second-order valence-electron chi connectivity index (χ2n) is 6.22. The van der Waals surface area contributed by atoms with E-state index >= 15 is 0 Å². The number of likely N-dealkylation sites (tertiary alicyclic amines) is 1. The van der Waals surface area contributed by atoms with Crippen LogP contribution in [0.1, 0.15) is 64.7 Å². The molecule has 0 aromatic rings. The summed E-state index contributed by atoms with van der Waals surface area (Å²) in [5.41, 5.74) is 0.600. The number of nitrogens with zero attached hydrogens (tertiary/aromatic N) is 1. The van der Waals surface area contributed by atoms with E-state index in [9.17, 15) is 0 Å². The summed E-state index contributed by atoms with van der Waals surface area (Å²) in [4.78, 5) is 2.82. The van der Waals surface area contributed by atoms with E-state index in [1.807, 2.05) is 0 Å². The van der Waals surface area contributed by atoms with Crippen molar-refractivity contribution in [3.05, 3.63) is 0 Å². The molecule has 2 heteroatoms. The third-order valence-corrected chi connectivity index (χ3v) is 6.15. The highest BCUT2D eigenvalue weighted by molar-refractivity contribution is 9.09. The fourth-order valence-corrected chi connectivity index (χ4v) is 4.54. The van der Waals surface area contributed by atoms with E-state index in [1.54, 1.807) is 0 Å². The van der Waals surface area contributed by atoms with E-state index < -0.39 is 0 Å². The average molecular weight is 302 g/mol. The molecule has 0 bridgehead atoms. The maximum absolute atomic E-state index is 3.81. The average Bonchev–Trinajstić information content (AvgIpc) is 2.40. The summed E-state index contributed by atoms with van der Waals surface area (Å²) in [5, 5.41) is 1.22. The fourth-order valence-electron chi connectivity index (χ4n) is 3.80. The summed E-state index contributed by atoms with van der Waals surface area (Å²) in [6.07, 6.45) is 12.9. The highest BCUT2D eigenvalue weighted by Gasteiger charge is 2.35. The van der Waals surface area contributed by atoms with Crippen LogP contribution in [0.2, 0.25) is 0 Å².